The lowest BCUT2D eigenvalue weighted by molar-refractivity contribution is -0.137. The maximum Gasteiger partial charge on any atom is 0.325 e. The fraction of sp³-hybridized carbons (Fsp3) is 0.167. The molecule has 0 unspecified atom stereocenters. The molecule has 3 N–H and O–H groups in total. The van der Waals surface area contributed by atoms with Gasteiger partial charge in [-0.1, -0.05) is 12.1 Å². The van der Waals surface area contributed by atoms with Crippen molar-refractivity contribution < 1.29 is 19.4 Å². The van der Waals surface area contributed by atoms with Crippen LogP contribution in [0.1, 0.15) is 6.42 Å². The van der Waals surface area contributed by atoms with E-state index < -0.39 is 5.97 Å². The lowest BCUT2D eigenvalue weighted by atomic mass is 10.2. The molecule has 3 aromatic carbocycles. The first-order chi connectivity index (χ1) is 16.6. The molecule has 34 heavy (non-hydrogen) atoms. The molecule has 0 radical (unpaired) electrons. The summed E-state index contributed by atoms with van der Waals surface area (Å²) < 4.78 is 13.3. The lowest BCUT2D eigenvalue weighted by Crippen LogP contribution is -2.09. The van der Waals surface area contributed by atoms with Crippen molar-refractivity contribution in [1.29, 1.82) is 0 Å². The van der Waals surface area contributed by atoms with Crippen molar-refractivity contribution in [2.24, 2.45) is 0 Å². The van der Waals surface area contributed by atoms with Crippen LogP contribution < -0.4 is 15.2 Å². The van der Waals surface area contributed by atoms with Gasteiger partial charge in [0, 0.05) is 17.5 Å². The van der Waals surface area contributed by atoms with Gasteiger partial charge in [-0.25, -0.2) is 0 Å². The molecule has 2 aromatic heterocycles. The Kier molecular flexibility index (Phi) is 5.69. The summed E-state index contributed by atoms with van der Waals surface area (Å²) in [7, 11) is 0. The third-order valence-corrected chi connectivity index (χ3v) is 5.20. The van der Waals surface area contributed by atoms with Gasteiger partial charge in [-0.3, -0.25) is 9.48 Å². The summed E-state index contributed by atoms with van der Waals surface area (Å²) in [5.41, 5.74) is 9.56. The molecule has 0 atom stereocenters. The minimum Gasteiger partial charge on any atom is -0.493 e. The normalized spacial score (nSPS) is 11.2. The Labute approximate surface area is 194 Å². The van der Waals surface area contributed by atoms with Gasteiger partial charge in [0.25, 0.3) is 0 Å². The average Bonchev–Trinajstić information content (AvgIpc) is 3.43. The number of carbonyl (C=O) groups is 1. The third kappa shape index (κ3) is 4.46. The van der Waals surface area contributed by atoms with E-state index in [1.54, 1.807) is 30.5 Å². The number of anilines is 1. The smallest absolute Gasteiger partial charge is 0.325 e. The number of nitrogens with two attached hydrogens (primary N) is 1. The molecule has 0 aliphatic heterocycles. The predicted molar refractivity (Wildman–Crippen MR) is 126 cm³/mol. The number of benzene rings is 3. The Morgan fingerprint density at radius 3 is 2.50 bits per heavy atom. The van der Waals surface area contributed by atoms with Crippen molar-refractivity contribution in [2.75, 3.05) is 18.9 Å². The van der Waals surface area contributed by atoms with Crippen LogP contribution in [0.3, 0.4) is 0 Å². The van der Waals surface area contributed by atoms with Crippen LogP contribution in [0.25, 0.3) is 27.6 Å². The molecule has 0 amide bonds. The topological polar surface area (TPSA) is 130 Å². The Hall–Kier alpha value is -4.60. The fourth-order valence-corrected chi connectivity index (χ4v) is 3.62. The molecular formula is C24H22N6O4. The number of fused-ring (bicyclic) bond motifs is 2. The fourth-order valence-electron chi connectivity index (χ4n) is 3.62. The molecule has 2 heterocycles. The molecule has 0 aliphatic carbocycles. The Morgan fingerprint density at radius 2 is 1.74 bits per heavy atom. The molecule has 0 fully saturated rings. The summed E-state index contributed by atoms with van der Waals surface area (Å²) in [6, 6.07) is 18.4. The minimum atomic E-state index is -0.939. The maximum atomic E-state index is 10.9. The monoisotopic (exact) mass is 458 g/mol. The summed E-state index contributed by atoms with van der Waals surface area (Å²) in [5, 5.41) is 22.9. The first-order valence-corrected chi connectivity index (χ1v) is 10.7. The van der Waals surface area contributed by atoms with Gasteiger partial charge >= 0.3 is 5.97 Å². The second-order valence-electron chi connectivity index (χ2n) is 7.67. The highest BCUT2D eigenvalue weighted by atomic mass is 16.5. The number of hydrogen-bond acceptors (Lipinski definition) is 7. The van der Waals surface area contributed by atoms with Crippen LogP contribution >= 0.6 is 0 Å². The number of nitrogens with zero attached hydrogens (tertiary/aromatic N) is 5. The highest BCUT2D eigenvalue weighted by molar-refractivity contribution is 5.81. The molecule has 10 nitrogen and oxygen atoms in total. The second-order valence-corrected chi connectivity index (χ2v) is 7.67. The number of aliphatic carboxylic acids is 1. The molecular weight excluding hydrogens is 436 g/mol. The SMILES string of the molecule is Nc1ccc(OCCCOc2ccc3c(cnn3CC(=O)O)c2)c(-n2nc3ccccc3n2)c1. The molecule has 5 rings (SSSR count). The van der Waals surface area contributed by atoms with Crippen LogP contribution in [0.15, 0.2) is 66.9 Å². The summed E-state index contributed by atoms with van der Waals surface area (Å²) in [4.78, 5) is 12.5. The van der Waals surface area contributed by atoms with E-state index in [1.807, 2.05) is 36.4 Å². The highest BCUT2D eigenvalue weighted by Gasteiger charge is 2.11. The number of carboxylic acid groups (broad SMARTS) is 1. The van der Waals surface area contributed by atoms with Crippen LogP contribution in [0.2, 0.25) is 0 Å². The Morgan fingerprint density at radius 1 is 0.971 bits per heavy atom. The molecule has 0 spiro atoms. The van der Waals surface area contributed by atoms with E-state index in [4.69, 9.17) is 20.3 Å². The third-order valence-electron chi connectivity index (χ3n) is 5.20. The van der Waals surface area contributed by atoms with Crippen LogP contribution in [0.5, 0.6) is 11.5 Å². The molecule has 0 saturated heterocycles. The largest absolute Gasteiger partial charge is 0.493 e. The van der Waals surface area contributed by atoms with Gasteiger partial charge in [-0.05, 0) is 48.5 Å². The standard InChI is InChI=1S/C24H22N6O4/c25-17-6-9-23(22(13-17)30-27-19-4-1-2-5-20(19)28-30)34-11-3-10-33-18-7-8-21-16(12-18)14-26-29(21)15-24(31)32/h1-2,4-9,12-14H,3,10-11,15,25H2,(H,31,32). The van der Waals surface area contributed by atoms with Gasteiger partial charge in [0.15, 0.2) is 0 Å². The Bertz CT molecular complexity index is 1440. The van der Waals surface area contributed by atoms with Crippen LogP contribution in [-0.2, 0) is 11.3 Å². The van der Waals surface area contributed by atoms with E-state index in [0.717, 1.165) is 21.9 Å². The maximum absolute atomic E-state index is 10.9. The van der Waals surface area contributed by atoms with Gasteiger partial charge in [0.05, 0.1) is 24.9 Å². The molecule has 0 saturated carbocycles. The van der Waals surface area contributed by atoms with Crippen molar-refractivity contribution in [3.05, 3.63) is 66.9 Å². The van der Waals surface area contributed by atoms with Crippen LogP contribution in [0, 0.1) is 0 Å². The predicted octanol–water partition coefficient (Wildman–Crippen LogP) is 3.28. The molecule has 5 aromatic rings. The van der Waals surface area contributed by atoms with E-state index in [-0.39, 0.29) is 6.54 Å². The highest BCUT2D eigenvalue weighted by Crippen LogP contribution is 2.26. The number of hydrogen-bond donors (Lipinski definition) is 2. The van der Waals surface area contributed by atoms with Crippen molar-refractivity contribution in [2.45, 2.75) is 13.0 Å². The Balaban J connectivity index is 1.20. The van der Waals surface area contributed by atoms with Crippen molar-refractivity contribution >= 4 is 33.6 Å². The quantitative estimate of drug-likeness (QED) is 0.254. The van der Waals surface area contributed by atoms with Gasteiger partial charge in [0.2, 0.25) is 0 Å². The summed E-state index contributed by atoms with van der Waals surface area (Å²) >= 11 is 0. The zero-order valence-corrected chi connectivity index (χ0v) is 18.2. The summed E-state index contributed by atoms with van der Waals surface area (Å²) in [5.74, 6) is 0.371. The van der Waals surface area contributed by atoms with Crippen molar-refractivity contribution in [1.82, 2.24) is 24.8 Å². The van der Waals surface area contributed by atoms with Crippen LogP contribution in [0.4, 0.5) is 5.69 Å². The number of rotatable bonds is 9. The number of carboxylic acids is 1. The number of nitrogen functional groups attached to an aromatic ring is 1. The van der Waals surface area contributed by atoms with Crippen molar-refractivity contribution in [3.8, 4) is 17.2 Å². The van der Waals surface area contributed by atoms with E-state index in [2.05, 4.69) is 15.3 Å². The van der Waals surface area contributed by atoms with Gasteiger partial charge in [0.1, 0.15) is 34.8 Å². The first kappa shape index (κ1) is 21.3. The van der Waals surface area contributed by atoms with Gasteiger partial charge < -0.3 is 20.3 Å². The molecule has 10 heteroatoms. The molecule has 0 bridgehead atoms. The summed E-state index contributed by atoms with van der Waals surface area (Å²) in [6.07, 6.45) is 2.28. The van der Waals surface area contributed by atoms with Gasteiger partial charge in [-0.2, -0.15) is 5.10 Å². The lowest BCUT2D eigenvalue weighted by Gasteiger charge is -2.12. The molecule has 172 valence electrons. The van der Waals surface area contributed by atoms with Crippen molar-refractivity contribution in [3.63, 3.8) is 0 Å². The first-order valence-electron chi connectivity index (χ1n) is 10.7. The van der Waals surface area contributed by atoms with E-state index in [9.17, 15) is 4.79 Å². The number of ether oxygens (including phenoxy) is 2. The minimum absolute atomic E-state index is 0.182. The molecule has 0 aliphatic rings. The zero-order chi connectivity index (χ0) is 23.5. The van der Waals surface area contributed by atoms with Crippen LogP contribution in [-0.4, -0.2) is 49.1 Å². The van der Waals surface area contributed by atoms with Gasteiger partial charge in [-0.15, -0.1) is 15.0 Å². The second kappa shape index (κ2) is 9.10. The summed E-state index contributed by atoms with van der Waals surface area (Å²) in [6.45, 7) is 0.692. The van der Waals surface area contributed by atoms with E-state index >= 15 is 0 Å². The number of aromatic nitrogens is 5. The zero-order valence-electron chi connectivity index (χ0n) is 18.2. The average molecular weight is 458 g/mol. The van der Waals surface area contributed by atoms with E-state index in [1.165, 1.54) is 9.48 Å². The van der Waals surface area contributed by atoms with E-state index in [0.29, 0.717) is 42.5 Å².